The normalized spacial score (nSPS) is 12.8. The standard InChI is InChI=1S/C20H24N2O2/c1-14-3-6-19(15(2)9-14)24-8-7-20(23)22-11-16-4-5-17-12-21-13-18(17)10-16/h3-6,9-10,21H,7-8,11-13H2,1-2H3,(H,22,23). The van der Waals surface area contributed by atoms with Crippen molar-refractivity contribution < 1.29 is 9.53 Å². The van der Waals surface area contributed by atoms with Crippen LogP contribution in [0.15, 0.2) is 36.4 Å². The molecule has 0 bridgehead atoms. The average Bonchev–Trinajstić information content (AvgIpc) is 3.02. The van der Waals surface area contributed by atoms with Crippen LogP contribution in [0.2, 0.25) is 0 Å². The second-order valence-electron chi connectivity index (χ2n) is 6.35. The minimum absolute atomic E-state index is 0.0124. The number of rotatable bonds is 6. The van der Waals surface area contributed by atoms with Gasteiger partial charge in [0.15, 0.2) is 0 Å². The van der Waals surface area contributed by atoms with Gasteiger partial charge in [0.1, 0.15) is 5.75 Å². The van der Waals surface area contributed by atoms with E-state index in [1.165, 1.54) is 16.7 Å². The van der Waals surface area contributed by atoms with E-state index in [0.717, 1.165) is 30.0 Å². The summed E-state index contributed by atoms with van der Waals surface area (Å²) in [4.78, 5) is 12.0. The van der Waals surface area contributed by atoms with E-state index in [1.807, 2.05) is 19.1 Å². The molecule has 1 heterocycles. The number of benzene rings is 2. The fraction of sp³-hybridized carbons (Fsp3) is 0.350. The molecule has 2 aromatic rings. The second kappa shape index (κ2) is 7.49. The Labute approximate surface area is 143 Å². The molecule has 24 heavy (non-hydrogen) atoms. The van der Waals surface area contributed by atoms with Crippen molar-refractivity contribution in [2.24, 2.45) is 0 Å². The van der Waals surface area contributed by atoms with E-state index in [4.69, 9.17) is 4.74 Å². The largest absolute Gasteiger partial charge is 0.493 e. The van der Waals surface area contributed by atoms with Crippen LogP contribution >= 0.6 is 0 Å². The highest BCUT2D eigenvalue weighted by Crippen LogP contribution is 2.19. The van der Waals surface area contributed by atoms with Crippen LogP contribution in [0.5, 0.6) is 5.75 Å². The van der Waals surface area contributed by atoms with Crippen molar-refractivity contribution in [1.82, 2.24) is 10.6 Å². The van der Waals surface area contributed by atoms with Crippen molar-refractivity contribution >= 4 is 5.91 Å². The van der Waals surface area contributed by atoms with Crippen LogP contribution < -0.4 is 15.4 Å². The maximum Gasteiger partial charge on any atom is 0.223 e. The smallest absolute Gasteiger partial charge is 0.223 e. The molecule has 0 saturated heterocycles. The van der Waals surface area contributed by atoms with E-state index in [0.29, 0.717) is 19.6 Å². The van der Waals surface area contributed by atoms with Crippen LogP contribution in [0.25, 0.3) is 0 Å². The summed E-state index contributed by atoms with van der Waals surface area (Å²) in [5, 5.41) is 6.29. The van der Waals surface area contributed by atoms with Crippen molar-refractivity contribution in [3.05, 3.63) is 64.2 Å². The lowest BCUT2D eigenvalue weighted by Gasteiger charge is -2.10. The molecule has 1 amide bonds. The lowest BCUT2D eigenvalue weighted by atomic mass is 10.1. The predicted octanol–water partition coefficient (Wildman–Crippen LogP) is 2.99. The van der Waals surface area contributed by atoms with Crippen molar-refractivity contribution in [2.75, 3.05) is 6.61 Å². The Morgan fingerprint density at radius 1 is 1.12 bits per heavy atom. The van der Waals surface area contributed by atoms with Gasteiger partial charge in [-0.2, -0.15) is 0 Å². The molecule has 2 aromatic carbocycles. The van der Waals surface area contributed by atoms with Gasteiger partial charge in [-0.05, 0) is 42.2 Å². The zero-order valence-corrected chi connectivity index (χ0v) is 14.3. The van der Waals surface area contributed by atoms with Crippen LogP contribution in [-0.4, -0.2) is 12.5 Å². The summed E-state index contributed by atoms with van der Waals surface area (Å²) in [7, 11) is 0. The SMILES string of the molecule is Cc1ccc(OCCC(=O)NCc2ccc3c(c2)CNC3)c(C)c1. The average molecular weight is 324 g/mol. The topological polar surface area (TPSA) is 50.4 Å². The Balaban J connectivity index is 1.43. The summed E-state index contributed by atoms with van der Waals surface area (Å²) in [6.07, 6.45) is 0.361. The first-order chi connectivity index (χ1) is 11.6. The van der Waals surface area contributed by atoms with Gasteiger partial charge in [-0.25, -0.2) is 0 Å². The summed E-state index contributed by atoms with van der Waals surface area (Å²) in [6, 6.07) is 12.4. The molecule has 0 unspecified atom stereocenters. The number of hydrogen-bond acceptors (Lipinski definition) is 3. The Morgan fingerprint density at radius 2 is 1.96 bits per heavy atom. The molecule has 0 aliphatic carbocycles. The molecule has 0 atom stereocenters. The summed E-state index contributed by atoms with van der Waals surface area (Å²) in [5.41, 5.74) is 6.14. The van der Waals surface area contributed by atoms with Gasteiger partial charge in [-0.3, -0.25) is 4.79 Å². The lowest BCUT2D eigenvalue weighted by molar-refractivity contribution is -0.121. The van der Waals surface area contributed by atoms with Gasteiger partial charge in [0.05, 0.1) is 13.0 Å². The van der Waals surface area contributed by atoms with Gasteiger partial charge >= 0.3 is 0 Å². The fourth-order valence-electron chi connectivity index (χ4n) is 2.96. The molecule has 1 aliphatic heterocycles. The number of hydrogen-bond donors (Lipinski definition) is 2. The molecule has 0 saturated carbocycles. The quantitative estimate of drug-likeness (QED) is 0.859. The van der Waals surface area contributed by atoms with Gasteiger partial charge in [-0.15, -0.1) is 0 Å². The number of carbonyl (C=O) groups excluding carboxylic acids is 1. The van der Waals surface area contributed by atoms with Crippen LogP contribution in [0.4, 0.5) is 0 Å². The number of nitrogens with one attached hydrogen (secondary N) is 2. The maximum absolute atomic E-state index is 12.0. The summed E-state index contributed by atoms with van der Waals surface area (Å²) >= 11 is 0. The molecule has 0 fully saturated rings. The Bertz CT molecular complexity index is 740. The highest BCUT2D eigenvalue weighted by molar-refractivity contribution is 5.76. The minimum Gasteiger partial charge on any atom is -0.493 e. The summed E-state index contributed by atoms with van der Waals surface area (Å²) in [6.45, 7) is 6.89. The Morgan fingerprint density at radius 3 is 2.79 bits per heavy atom. The first-order valence-corrected chi connectivity index (χ1v) is 8.40. The van der Waals surface area contributed by atoms with Crippen LogP contribution in [0, 0.1) is 13.8 Å². The van der Waals surface area contributed by atoms with Gasteiger partial charge in [0, 0.05) is 19.6 Å². The Hall–Kier alpha value is -2.33. The number of amides is 1. The molecule has 1 aliphatic rings. The molecule has 126 valence electrons. The second-order valence-corrected chi connectivity index (χ2v) is 6.35. The van der Waals surface area contributed by atoms with E-state index in [1.54, 1.807) is 0 Å². The third-order valence-corrected chi connectivity index (χ3v) is 4.31. The summed E-state index contributed by atoms with van der Waals surface area (Å²) < 4.78 is 5.71. The number of fused-ring (bicyclic) bond motifs is 1. The highest BCUT2D eigenvalue weighted by atomic mass is 16.5. The van der Waals surface area contributed by atoms with Gasteiger partial charge in [0.2, 0.25) is 5.91 Å². The summed E-state index contributed by atoms with van der Waals surface area (Å²) in [5.74, 6) is 0.859. The number of carbonyl (C=O) groups is 1. The van der Waals surface area contributed by atoms with E-state index in [-0.39, 0.29) is 5.91 Å². The molecule has 3 rings (SSSR count). The number of aryl methyl sites for hydroxylation is 2. The van der Waals surface area contributed by atoms with E-state index >= 15 is 0 Å². The van der Waals surface area contributed by atoms with E-state index in [9.17, 15) is 4.79 Å². The highest BCUT2D eigenvalue weighted by Gasteiger charge is 2.10. The van der Waals surface area contributed by atoms with E-state index < -0.39 is 0 Å². The molecular weight excluding hydrogens is 300 g/mol. The van der Waals surface area contributed by atoms with Crippen LogP contribution in [0.3, 0.4) is 0 Å². The van der Waals surface area contributed by atoms with Gasteiger partial charge in [-0.1, -0.05) is 35.9 Å². The Kier molecular flexibility index (Phi) is 5.16. The molecule has 0 spiro atoms. The predicted molar refractivity (Wildman–Crippen MR) is 94.9 cm³/mol. The zero-order chi connectivity index (χ0) is 16.9. The molecule has 4 heteroatoms. The van der Waals surface area contributed by atoms with Crippen LogP contribution in [-0.2, 0) is 24.4 Å². The molecule has 0 radical (unpaired) electrons. The molecule has 4 nitrogen and oxygen atoms in total. The van der Waals surface area contributed by atoms with Crippen molar-refractivity contribution in [3.8, 4) is 5.75 Å². The third kappa shape index (κ3) is 4.15. The van der Waals surface area contributed by atoms with Crippen molar-refractivity contribution in [2.45, 2.75) is 39.9 Å². The zero-order valence-electron chi connectivity index (χ0n) is 14.3. The minimum atomic E-state index is 0.0124. The van der Waals surface area contributed by atoms with Crippen molar-refractivity contribution in [1.29, 1.82) is 0 Å². The van der Waals surface area contributed by atoms with Crippen LogP contribution in [0.1, 0.15) is 34.2 Å². The first-order valence-electron chi connectivity index (χ1n) is 8.40. The molecule has 2 N–H and O–H groups in total. The number of ether oxygens (including phenoxy) is 1. The third-order valence-electron chi connectivity index (χ3n) is 4.31. The molecule has 0 aromatic heterocycles. The van der Waals surface area contributed by atoms with E-state index in [2.05, 4.69) is 41.8 Å². The fourth-order valence-corrected chi connectivity index (χ4v) is 2.96. The molecular formula is C20H24N2O2. The first kappa shape index (κ1) is 16.5. The van der Waals surface area contributed by atoms with Crippen molar-refractivity contribution in [3.63, 3.8) is 0 Å². The maximum atomic E-state index is 12.0. The van der Waals surface area contributed by atoms with Gasteiger partial charge < -0.3 is 15.4 Å². The monoisotopic (exact) mass is 324 g/mol. The lowest BCUT2D eigenvalue weighted by Crippen LogP contribution is -2.24. The van der Waals surface area contributed by atoms with Gasteiger partial charge in [0.25, 0.3) is 0 Å².